The number of carboxylic acids is 1. The number of aromatic amines is 2. The van der Waals surface area contributed by atoms with Crippen LogP contribution >= 0.6 is 23.2 Å². The molecule has 3 heterocycles. The number of carbonyl (C=O) groups is 2. The lowest BCUT2D eigenvalue weighted by Gasteiger charge is -2.25. The molecule has 0 fully saturated rings. The van der Waals surface area contributed by atoms with Crippen LogP contribution in [0.5, 0.6) is 0 Å². The molecule has 0 saturated carbocycles. The van der Waals surface area contributed by atoms with E-state index >= 15 is 0 Å². The number of halogens is 5. The molecule has 0 unspecified atom stereocenters. The number of amides is 1. The number of hydrogen-bond donors (Lipinski definition) is 5. The summed E-state index contributed by atoms with van der Waals surface area (Å²) in [6.45, 7) is 3.84. The van der Waals surface area contributed by atoms with Gasteiger partial charge in [0.25, 0.3) is 0 Å². The van der Waals surface area contributed by atoms with Crippen molar-refractivity contribution in [2.45, 2.75) is 57.4 Å². The van der Waals surface area contributed by atoms with Crippen molar-refractivity contribution in [3.05, 3.63) is 118 Å². The monoisotopic (exact) mass is 727 g/mol. The average Bonchev–Trinajstić information content (AvgIpc) is 3.78. The summed E-state index contributed by atoms with van der Waals surface area (Å²) in [5, 5.41) is 22.9. The van der Waals surface area contributed by atoms with Gasteiger partial charge in [-0.05, 0) is 61.2 Å². The fourth-order valence-corrected chi connectivity index (χ4v) is 5.76. The molecule has 6 N–H and O–H groups in total. The van der Waals surface area contributed by atoms with Gasteiger partial charge in [0.2, 0.25) is 5.91 Å². The van der Waals surface area contributed by atoms with Crippen molar-refractivity contribution in [2.75, 3.05) is 0 Å². The largest absolute Gasteiger partial charge is 0.490 e. The number of H-pyrrole nitrogens is 2. The highest BCUT2D eigenvalue weighted by Gasteiger charge is 2.38. The molecule has 0 aliphatic rings. The third-order valence-corrected chi connectivity index (χ3v) is 8.76. The topological polar surface area (TPSA) is 155 Å². The van der Waals surface area contributed by atoms with Gasteiger partial charge in [-0.15, -0.1) is 10.2 Å². The van der Waals surface area contributed by atoms with E-state index in [-0.39, 0.29) is 5.91 Å². The van der Waals surface area contributed by atoms with Crippen LogP contribution in [0.25, 0.3) is 21.8 Å². The lowest BCUT2D eigenvalue weighted by molar-refractivity contribution is -0.192. The van der Waals surface area contributed by atoms with E-state index in [4.69, 9.17) is 43.9 Å². The fourth-order valence-electron chi connectivity index (χ4n) is 5.44. The molecule has 262 valence electrons. The summed E-state index contributed by atoms with van der Waals surface area (Å²) in [6, 6.07) is 21.4. The molecular formula is C35H34Cl2F3N7O3. The van der Waals surface area contributed by atoms with E-state index in [0.717, 1.165) is 39.8 Å². The predicted octanol–water partition coefficient (Wildman–Crippen LogP) is 7.15. The molecule has 15 heteroatoms. The van der Waals surface area contributed by atoms with Crippen LogP contribution in [-0.2, 0) is 35.4 Å². The van der Waals surface area contributed by atoms with E-state index in [9.17, 15) is 18.0 Å². The van der Waals surface area contributed by atoms with Crippen LogP contribution in [0.4, 0.5) is 13.2 Å². The number of benzene rings is 3. The fraction of sp³-hybridized carbons (Fsp3) is 0.257. The Balaban J connectivity index is 0.000000630. The number of para-hydroxylation sites is 2. The molecule has 0 bridgehead atoms. The molecule has 10 nitrogen and oxygen atoms in total. The highest BCUT2D eigenvalue weighted by molar-refractivity contribution is 6.42. The number of aromatic nitrogens is 5. The Labute approximate surface area is 294 Å². The van der Waals surface area contributed by atoms with E-state index < -0.39 is 23.7 Å². The number of aryl methyl sites for hydroxylation is 2. The Morgan fingerprint density at radius 1 is 0.900 bits per heavy atom. The van der Waals surface area contributed by atoms with E-state index in [1.165, 1.54) is 10.9 Å². The first-order valence-electron chi connectivity index (χ1n) is 15.5. The van der Waals surface area contributed by atoms with E-state index in [2.05, 4.69) is 49.3 Å². The lowest BCUT2D eigenvalue weighted by atomic mass is 10.0. The van der Waals surface area contributed by atoms with Gasteiger partial charge >= 0.3 is 12.1 Å². The highest BCUT2D eigenvalue weighted by atomic mass is 35.5. The molecule has 1 amide bonds. The summed E-state index contributed by atoms with van der Waals surface area (Å²) in [4.78, 5) is 28.9. The summed E-state index contributed by atoms with van der Waals surface area (Å²) in [5.74, 6) is -1.59. The van der Waals surface area contributed by atoms with E-state index in [1.54, 1.807) is 19.9 Å². The zero-order valence-corrected chi connectivity index (χ0v) is 28.5. The Morgan fingerprint density at radius 3 is 2.06 bits per heavy atom. The average molecular weight is 729 g/mol. The van der Waals surface area contributed by atoms with Gasteiger partial charge in [0, 0.05) is 47.0 Å². The second-order valence-electron chi connectivity index (χ2n) is 12.3. The summed E-state index contributed by atoms with van der Waals surface area (Å²) in [5.41, 5.74) is 10.5. The minimum Gasteiger partial charge on any atom is -0.475 e. The molecule has 0 radical (unpaired) electrons. The Morgan fingerprint density at radius 2 is 1.48 bits per heavy atom. The van der Waals surface area contributed by atoms with Crippen LogP contribution < -0.4 is 11.1 Å². The maximum Gasteiger partial charge on any atom is 0.490 e. The van der Waals surface area contributed by atoms with E-state index in [0.29, 0.717) is 35.3 Å². The first kappa shape index (κ1) is 36.4. The summed E-state index contributed by atoms with van der Waals surface area (Å²) in [7, 11) is 0. The number of aliphatic carboxylic acids is 1. The number of nitrogens with two attached hydrogens (primary N) is 1. The number of nitrogens with zero attached hydrogens (tertiary/aromatic N) is 3. The zero-order valence-electron chi connectivity index (χ0n) is 27.0. The third kappa shape index (κ3) is 8.65. The molecule has 0 saturated heterocycles. The van der Waals surface area contributed by atoms with Crippen LogP contribution in [0.2, 0.25) is 10.0 Å². The van der Waals surface area contributed by atoms with Crippen molar-refractivity contribution in [3.63, 3.8) is 0 Å². The van der Waals surface area contributed by atoms with Crippen LogP contribution in [-0.4, -0.2) is 53.4 Å². The Hall–Kier alpha value is -4.85. The second kappa shape index (κ2) is 15.0. The number of nitrogens with one attached hydrogen (secondary N) is 3. The van der Waals surface area contributed by atoms with Crippen molar-refractivity contribution in [1.82, 2.24) is 30.0 Å². The Kier molecular flexibility index (Phi) is 10.9. The third-order valence-electron chi connectivity index (χ3n) is 8.02. The van der Waals surface area contributed by atoms with Gasteiger partial charge in [-0.3, -0.25) is 4.79 Å². The standard InChI is InChI=1S/C33H33Cl2N7O.C2HF3O2/c1-33(2,36)32(43)39-29(16-22-18-38-28-10-6-4-8-24(22)28)31-41-40-30(42(31)19-20-11-13-25(34)26(35)15-20)14-12-21-17-37-27-9-5-3-7-23(21)27;3-2(4,5)1(6)7/h3-11,13,15,17-18,29,37-38H,12,14,16,19,36H2,1-2H3,(H,39,43);(H,6,7)/t29-;/m1./s1. The summed E-state index contributed by atoms with van der Waals surface area (Å²) >= 11 is 12.6. The van der Waals surface area contributed by atoms with Gasteiger partial charge in [0.05, 0.1) is 28.2 Å². The maximum atomic E-state index is 13.3. The first-order chi connectivity index (χ1) is 23.6. The summed E-state index contributed by atoms with van der Waals surface area (Å²) < 4.78 is 33.8. The molecule has 6 aromatic rings. The molecule has 0 aliphatic heterocycles. The van der Waals surface area contributed by atoms with Crippen LogP contribution in [0.3, 0.4) is 0 Å². The van der Waals surface area contributed by atoms with Gasteiger partial charge in [0.1, 0.15) is 5.82 Å². The molecule has 0 spiro atoms. The highest BCUT2D eigenvalue weighted by Crippen LogP contribution is 2.28. The quantitative estimate of drug-likeness (QED) is 0.101. The number of fused-ring (bicyclic) bond motifs is 2. The van der Waals surface area contributed by atoms with Crippen molar-refractivity contribution in [3.8, 4) is 0 Å². The van der Waals surface area contributed by atoms with Crippen molar-refractivity contribution >= 4 is 56.9 Å². The molecule has 6 rings (SSSR count). The predicted molar refractivity (Wildman–Crippen MR) is 186 cm³/mol. The number of rotatable bonds is 10. The van der Waals surface area contributed by atoms with Crippen LogP contribution in [0.1, 0.15) is 48.2 Å². The molecular weight excluding hydrogens is 694 g/mol. The maximum absolute atomic E-state index is 13.3. The van der Waals surface area contributed by atoms with Crippen molar-refractivity contribution in [1.29, 1.82) is 0 Å². The van der Waals surface area contributed by atoms with Gasteiger partial charge in [-0.25, -0.2) is 4.79 Å². The smallest absolute Gasteiger partial charge is 0.475 e. The molecule has 3 aromatic heterocycles. The zero-order chi connectivity index (χ0) is 36.2. The Bertz CT molecular complexity index is 2130. The van der Waals surface area contributed by atoms with Gasteiger partial charge in [-0.1, -0.05) is 65.7 Å². The van der Waals surface area contributed by atoms with Gasteiger partial charge in [0.15, 0.2) is 5.82 Å². The first-order valence-corrected chi connectivity index (χ1v) is 16.2. The number of hydrogen-bond acceptors (Lipinski definition) is 5. The van der Waals surface area contributed by atoms with Crippen molar-refractivity contribution < 1.29 is 27.9 Å². The molecule has 1 atom stereocenters. The minimum absolute atomic E-state index is 0.276. The molecule has 3 aromatic carbocycles. The minimum atomic E-state index is -5.08. The molecule has 0 aliphatic carbocycles. The van der Waals surface area contributed by atoms with Gasteiger partial charge < -0.3 is 30.7 Å². The van der Waals surface area contributed by atoms with E-state index in [1.807, 2.05) is 48.7 Å². The number of carboxylic acid groups (broad SMARTS) is 1. The summed E-state index contributed by atoms with van der Waals surface area (Å²) in [6.07, 6.45) is 0.850. The number of alkyl halides is 3. The molecule has 50 heavy (non-hydrogen) atoms. The second-order valence-corrected chi connectivity index (χ2v) is 13.1. The SMILES string of the molecule is CC(C)(N)C(=O)N[C@H](Cc1c[nH]c2ccccc12)c1nnc(CCc2c[nH]c3ccccc23)n1Cc1ccc(Cl)c(Cl)c1.O=C(O)C(F)(F)F. The van der Waals surface area contributed by atoms with Crippen LogP contribution in [0, 0.1) is 0 Å². The van der Waals surface area contributed by atoms with Crippen LogP contribution in [0.15, 0.2) is 79.1 Å². The van der Waals surface area contributed by atoms with Gasteiger partial charge in [-0.2, -0.15) is 13.2 Å². The number of carbonyl (C=O) groups excluding carboxylic acids is 1. The van der Waals surface area contributed by atoms with Crippen molar-refractivity contribution in [2.24, 2.45) is 5.73 Å². The normalized spacial score (nSPS) is 12.5. The lowest BCUT2D eigenvalue weighted by Crippen LogP contribution is -2.50.